The highest BCUT2D eigenvalue weighted by atomic mass is 16.6. The SMILES string of the molecule is Cc1nnc(C(C)C)n1C1CC2CCC(C1)N2CC[C@@H](c1ccc(NC(=O)OC(C)(C)C)cc1)N(Cc1ccccc1)[C@H](C)c1ccccc1. The molecule has 0 saturated carbocycles. The number of aromatic nitrogens is 3. The van der Waals surface area contributed by atoms with E-state index in [1.165, 1.54) is 29.5 Å². The predicted molar refractivity (Wildman–Crippen MR) is 201 cm³/mol. The molecule has 4 atom stereocenters. The first-order valence-corrected chi connectivity index (χ1v) is 18.6. The molecule has 50 heavy (non-hydrogen) atoms. The summed E-state index contributed by atoms with van der Waals surface area (Å²) in [6.45, 7) is 16.4. The Balaban J connectivity index is 1.27. The van der Waals surface area contributed by atoms with E-state index in [-0.39, 0.29) is 12.1 Å². The monoisotopic (exact) mass is 676 g/mol. The second-order valence-corrected chi connectivity index (χ2v) is 15.7. The second-order valence-electron chi connectivity index (χ2n) is 15.7. The molecule has 2 aliphatic heterocycles. The molecule has 266 valence electrons. The van der Waals surface area contributed by atoms with Crippen LogP contribution >= 0.6 is 0 Å². The van der Waals surface area contributed by atoms with Gasteiger partial charge in [0.1, 0.15) is 17.2 Å². The van der Waals surface area contributed by atoms with Crippen molar-refractivity contribution in [2.75, 3.05) is 11.9 Å². The van der Waals surface area contributed by atoms with E-state index < -0.39 is 11.7 Å². The number of piperidine rings is 1. The highest BCUT2D eigenvalue weighted by Crippen LogP contribution is 2.43. The molecule has 1 N–H and O–H groups in total. The quantitative estimate of drug-likeness (QED) is 0.161. The summed E-state index contributed by atoms with van der Waals surface area (Å²) < 4.78 is 7.97. The van der Waals surface area contributed by atoms with Gasteiger partial charge in [0.15, 0.2) is 0 Å². The van der Waals surface area contributed by atoms with Gasteiger partial charge in [0.25, 0.3) is 0 Å². The summed E-state index contributed by atoms with van der Waals surface area (Å²) in [6, 6.07) is 32.1. The van der Waals surface area contributed by atoms with Gasteiger partial charge in [-0.2, -0.15) is 0 Å². The highest BCUT2D eigenvalue weighted by molar-refractivity contribution is 5.84. The number of carbonyl (C=O) groups is 1. The van der Waals surface area contributed by atoms with Crippen LogP contribution in [-0.2, 0) is 11.3 Å². The van der Waals surface area contributed by atoms with Gasteiger partial charge >= 0.3 is 6.09 Å². The number of aryl methyl sites for hydroxylation is 1. The van der Waals surface area contributed by atoms with E-state index in [9.17, 15) is 4.79 Å². The number of benzene rings is 3. The van der Waals surface area contributed by atoms with Gasteiger partial charge in [-0.25, -0.2) is 4.79 Å². The Kier molecular flexibility index (Phi) is 11.1. The van der Waals surface area contributed by atoms with Gasteiger partial charge in [0.2, 0.25) is 0 Å². The Bertz CT molecular complexity index is 1670. The van der Waals surface area contributed by atoms with Gasteiger partial charge in [-0.15, -0.1) is 10.2 Å². The summed E-state index contributed by atoms with van der Waals surface area (Å²) in [4.78, 5) is 18.1. The second kappa shape index (κ2) is 15.5. The Morgan fingerprint density at radius 3 is 2.08 bits per heavy atom. The maximum atomic E-state index is 12.6. The molecule has 6 rings (SSSR count). The lowest BCUT2D eigenvalue weighted by atomic mass is 9.93. The van der Waals surface area contributed by atoms with Gasteiger partial charge < -0.3 is 9.30 Å². The van der Waals surface area contributed by atoms with E-state index in [0.717, 1.165) is 49.7 Å². The fourth-order valence-electron chi connectivity index (χ4n) is 8.29. The van der Waals surface area contributed by atoms with Crippen molar-refractivity contribution >= 4 is 11.8 Å². The number of rotatable bonds is 12. The van der Waals surface area contributed by atoms with Crippen LogP contribution in [-0.4, -0.2) is 54.9 Å². The third kappa shape index (κ3) is 8.47. The van der Waals surface area contributed by atoms with Crippen LogP contribution in [0.5, 0.6) is 0 Å². The fraction of sp³-hybridized carbons (Fsp3) is 0.500. The average Bonchev–Trinajstić information content (AvgIpc) is 3.59. The van der Waals surface area contributed by atoms with Gasteiger partial charge in [-0.3, -0.25) is 15.1 Å². The van der Waals surface area contributed by atoms with Crippen molar-refractivity contribution in [3.63, 3.8) is 0 Å². The smallest absolute Gasteiger partial charge is 0.412 e. The van der Waals surface area contributed by atoms with Crippen LogP contribution in [0.25, 0.3) is 0 Å². The Morgan fingerprint density at radius 1 is 0.860 bits per heavy atom. The molecular weight excluding hydrogens is 621 g/mol. The minimum Gasteiger partial charge on any atom is -0.444 e. The first kappa shape index (κ1) is 35.8. The van der Waals surface area contributed by atoms with Crippen LogP contribution in [0.2, 0.25) is 0 Å². The van der Waals surface area contributed by atoms with Crippen molar-refractivity contribution in [1.82, 2.24) is 24.6 Å². The molecule has 2 unspecified atom stereocenters. The van der Waals surface area contributed by atoms with E-state index in [1.54, 1.807) is 0 Å². The molecule has 0 aliphatic carbocycles. The molecule has 0 spiro atoms. The summed E-state index contributed by atoms with van der Waals surface area (Å²) in [5, 5.41) is 12.0. The van der Waals surface area contributed by atoms with Crippen LogP contribution < -0.4 is 5.32 Å². The van der Waals surface area contributed by atoms with Crippen molar-refractivity contribution in [3.05, 3.63) is 113 Å². The molecule has 1 aromatic heterocycles. The van der Waals surface area contributed by atoms with Crippen LogP contribution in [0.1, 0.15) is 126 Å². The van der Waals surface area contributed by atoms with Crippen LogP contribution in [0.3, 0.4) is 0 Å². The molecule has 1 amide bonds. The van der Waals surface area contributed by atoms with Crippen molar-refractivity contribution in [3.8, 4) is 0 Å². The van der Waals surface area contributed by atoms with E-state index in [2.05, 4.69) is 130 Å². The zero-order valence-electron chi connectivity index (χ0n) is 31.0. The number of ether oxygens (including phenoxy) is 1. The molecule has 2 fully saturated rings. The van der Waals surface area contributed by atoms with Crippen LogP contribution in [0, 0.1) is 6.92 Å². The number of amides is 1. The minimum absolute atomic E-state index is 0.158. The normalized spacial score (nSPS) is 20.6. The maximum absolute atomic E-state index is 12.6. The Hall–Kier alpha value is -4.01. The molecule has 0 radical (unpaired) electrons. The average molecular weight is 677 g/mol. The molecule has 2 saturated heterocycles. The number of fused-ring (bicyclic) bond motifs is 2. The first-order valence-electron chi connectivity index (χ1n) is 18.6. The number of anilines is 1. The molecule has 2 bridgehead atoms. The molecule has 8 heteroatoms. The largest absolute Gasteiger partial charge is 0.444 e. The summed E-state index contributed by atoms with van der Waals surface area (Å²) >= 11 is 0. The third-order valence-electron chi connectivity index (χ3n) is 10.6. The van der Waals surface area contributed by atoms with Crippen LogP contribution in [0.15, 0.2) is 84.9 Å². The van der Waals surface area contributed by atoms with Gasteiger partial charge in [-0.1, -0.05) is 86.6 Å². The topological polar surface area (TPSA) is 75.5 Å². The predicted octanol–water partition coefficient (Wildman–Crippen LogP) is 9.62. The molecule has 2 aliphatic rings. The van der Waals surface area contributed by atoms with Gasteiger partial charge in [0.05, 0.1) is 0 Å². The van der Waals surface area contributed by atoms with Gasteiger partial charge in [0, 0.05) is 54.9 Å². The number of carbonyl (C=O) groups excluding carboxylic acids is 1. The van der Waals surface area contributed by atoms with Crippen LogP contribution in [0.4, 0.5) is 10.5 Å². The molecule has 8 nitrogen and oxygen atoms in total. The van der Waals surface area contributed by atoms with E-state index in [0.29, 0.717) is 24.0 Å². The number of hydrogen-bond acceptors (Lipinski definition) is 6. The highest BCUT2D eigenvalue weighted by Gasteiger charge is 2.42. The minimum atomic E-state index is -0.556. The third-order valence-corrected chi connectivity index (χ3v) is 10.6. The lowest BCUT2D eigenvalue weighted by Crippen LogP contribution is -2.45. The lowest BCUT2D eigenvalue weighted by molar-refractivity contribution is 0.0636. The van der Waals surface area contributed by atoms with Gasteiger partial charge in [-0.05, 0) is 95.5 Å². The molecule has 4 aromatic rings. The molecule has 3 heterocycles. The Labute approximate surface area is 299 Å². The Morgan fingerprint density at radius 2 is 1.48 bits per heavy atom. The summed E-state index contributed by atoms with van der Waals surface area (Å²) in [6.07, 6.45) is 5.37. The molecular formula is C42H56N6O2. The summed E-state index contributed by atoms with van der Waals surface area (Å²) in [7, 11) is 0. The van der Waals surface area contributed by atoms with E-state index >= 15 is 0 Å². The number of nitrogens with one attached hydrogen (secondary N) is 1. The zero-order chi connectivity index (χ0) is 35.4. The van der Waals surface area contributed by atoms with Crippen molar-refractivity contribution in [1.29, 1.82) is 0 Å². The fourth-order valence-corrected chi connectivity index (χ4v) is 8.29. The molecule has 3 aromatic carbocycles. The number of hydrogen-bond donors (Lipinski definition) is 1. The van der Waals surface area contributed by atoms with Crippen molar-refractivity contribution in [2.45, 2.75) is 129 Å². The standard InChI is InChI=1S/C42H56N6O2/c1-29(2)40-45-44-31(4)48(40)38-26-36-22-23-37(27-38)46(36)25-24-39(34-18-20-35(21-19-34)43-41(49)50-42(5,6)7)47(28-32-14-10-8-11-15-32)30(3)33-16-12-9-13-17-33/h8-21,29-30,36-39H,22-28H2,1-7H3,(H,43,49)/t30-,36?,37?,38?,39+/m1/s1. The lowest BCUT2D eigenvalue weighted by Gasteiger charge is -2.42. The number of nitrogens with zero attached hydrogens (tertiary/aromatic N) is 5. The maximum Gasteiger partial charge on any atom is 0.412 e. The van der Waals surface area contributed by atoms with E-state index in [4.69, 9.17) is 4.74 Å². The van der Waals surface area contributed by atoms with Crippen molar-refractivity contribution in [2.24, 2.45) is 0 Å². The first-order chi connectivity index (χ1) is 24.0. The van der Waals surface area contributed by atoms with E-state index in [1.807, 2.05) is 32.9 Å². The summed E-state index contributed by atoms with van der Waals surface area (Å²) in [5.41, 5.74) is 4.04. The zero-order valence-corrected chi connectivity index (χ0v) is 31.0. The summed E-state index contributed by atoms with van der Waals surface area (Å²) in [5.74, 6) is 2.53. The van der Waals surface area contributed by atoms with Crippen molar-refractivity contribution < 1.29 is 9.53 Å².